The normalized spacial score (nSPS) is 27.8. The summed E-state index contributed by atoms with van der Waals surface area (Å²) in [6, 6.07) is 2.39. The Morgan fingerprint density at radius 3 is 2.73 bits per heavy atom. The predicted octanol–water partition coefficient (Wildman–Crippen LogP) is 2.53. The van der Waals surface area contributed by atoms with Gasteiger partial charge in [0.05, 0.1) is 17.6 Å². The molecule has 4 nitrogen and oxygen atoms in total. The molecule has 2 atom stereocenters. The second-order valence-corrected chi connectivity index (χ2v) is 10.2. The van der Waals surface area contributed by atoms with Crippen LogP contribution >= 0.6 is 11.3 Å². The minimum absolute atomic E-state index is 0.147. The van der Waals surface area contributed by atoms with E-state index in [1.54, 1.807) is 0 Å². The van der Waals surface area contributed by atoms with Gasteiger partial charge in [0.25, 0.3) is 0 Å². The van der Waals surface area contributed by atoms with E-state index in [1.165, 1.54) is 15.3 Å². The Kier molecular flexibility index (Phi) is 4.92. The number of aryl methyl sites for hydroxylation is 2. The number of sulfone groups is 1. The van der Waals surface area contributed by atoms with Crippen LogP contribution in [0, 0.1) is 13.8 Å². The van der Waals surface area contributed by atoms with Crippen LogP contribution in [0.25, 0.3) is 0 Å². The van der Waals surface area contributed by atoms with E-state index in [-0.39, 0.29) is 12.1 Å². The summed E-state index contributed by atoms with van der Waals surface area (Å²) >= 11 is 1.82. The molecule has 2 saturated heterocycles. The molecule has 1 aromatic heterocycles. The van der Waals surface area contributed by atoms with Gasteiger partial charge in [0, 0.05) is 35.5 Å². The van der Waals surface area contributed by atoms with Gasteiger partial charge in [-0.2, -0.15) is 0 Å². The third-order valence-corrected chi connectivity index (χ3v) is 7.46. The van der Waals surface area contributed by atoms with Gasteiger partial charge in [0.15, 0.2) is 9.84 Å². The van der Waals surface area contributed by atoms with Crippen molar-refractivity contribution in [2.45, 2.75) is 51.8 Å². The molecule has 2 aliphatic rings. The number of rotatable bonds is 5. The molecule has 2 aliphatic heterocycles. The van der Waals surface area contributed by atoms with Gasteiger partial charge < -0.3 is 4.74 Å². The third-order valence-electron chi connectivity index (χ3n) is 4.70. The van der Waals surface area contributed by atoms with Gasteiger partial charge in [0.2, 0.25) is 0 Å². The van der Waals surface area contributed by atoms with Gasteiger partial charge in [-0.25, -0.2) is 8.42 Å². The Balaban J connectivity index is 1.74. The first-order chi connectivity index (χ1) is 10.4. The monoisotopic (exact) mass is 343 g/mol. The average Bonchev–Trinajstić information content (AvgIpc) is 3.12. The van der Waals surface area contributed by atoms with E-state index < -0.39 is 9.84 Å². The maximum atomic E-state index is 11.9. The lowest BCUT2D eigenvalue weighted by Crippen LogP contribution is -2.40. The molecule has 1 aromatic rings. The van der Waals surface area contributed by atoms with Crippen LogP contribution in [-0.4, -0.2) is 50.1 Å². The SMILES string of the molecule is Cc1cc(CN(C[C@H]2CCCO2)[C@H]2CCS(=O)(=O)C2)c(C)s1. The zero-order valence-corrected chi connectivity index (χ0v) is 15.0. The Morgan fingerprint density at radius 2 is 2.18 bits per heavy atom. The molecule has 0 aromatic carbocycles. The quantitative estimate of drug-likeness (QED) is 0.824. The van der Waals surface area contributed by atoms with Gasteiger partial charge in [-0.1, -0.05) is 0 Å². The highest BCUT2D eigenvalue weighted by Gasteiger charge is 2.34. The summed E-state index contributed by atoms with van der Waals surface area (Å²) in [5, 5.41) is 0. The number of nitrogens with zero attached hydrogens (tertiary/aromatic N) is 1. The Bertz CT molecular complexity index is 617. The molecule has 22 heavy (non-hydrogen) atoms. The topological polar surface area (TPSA) is 46.6 Å². The zero-order chi connectivity index (χ0) is 15.7. The molecule has 0 N–H and O–H groups in total. The lowest BCUT2D eigenvalue weighted by molar-refractivity contribution is 0.0574. The van der Waals surface area contributed by atoms with Crippen LogP contribution in [0.2, 0.25) is 0 Å². The molecule has 0 aliphatic carbocycles. The molecule has 0 saturated carbocycles. The lowest BCUT2D eigenvalue weighted by atomic mass is 10.1. The van der Waals surface area contributed by atoms with E-state index in [0.29, 0.717) is 11.5 Å². The molecule has 3 rings (SSSR count). The van der Waals surface area contributed by atoms with E-state index in [9.17, 15) is 8.42 Å². The number of ether oxygens (including phenoxy) is 1. The molecule has 0 spiro atoms. The fraction of sp³-hybridized carbons (Fsp3) is 0.750. The van der Waals surface area contributed by atoms with Crippen LogP contribution in [0.15, 0.2) is 6.07 Å². The lowest BCUT2D eigenvalue weighted by Gasteiger charge is -2.30. The second kappa shape index (κ2) is 6.59. The van der Waals surface area contributed by atoms with Gasteiger partial charge in [0.1, 0.15) is 0 Å². The summed E-state index contributed by atoms with van der Waals surface area (Å²) in [7, 11) is -2.85. The summed E-state index contributed by atoms with van der Waals surface area (Å²) < 4.78 is 29.5. The highest BCUT2D eigenvalue weighted by Crippen LogP contribution is 2.27. The van der Waals surface area contributed by atoms with Crippen LogP contribution in [0.1, 0.15) is 34.6 Å². The molecule has 3 heterocycles. The van der Waals surface area contributed by atoms with E-state index in [0.717, 1.165) is 39.0 Å². The van der Waals surface area contributed by atoms with Crippen LogP contribution in [-0.2, 0) is 21.1 Å². The van der Waals surface area contributed by atoms with Crippen molar-refractivity contribution in [1.82, 2.24) is 4.90 Å². The number of hydrogen-bond donors (Lipinski definition) is 0. The Labute approximate surface area is 137 Å². The van der Waals surface area contributed by atoms with Gasteiger partial charge in [-0.3, -0.25) is 4.90 Å². The van der Waals surface area contributed by atoms with Gasteiger partial charge in [-0.15, -0.1) is 11.3 Å². The van der Waals surface area contributed by atoms with E-state index in [2.05, 4.69) is 24.8 Å². The second-order valence-electron chi connectivity index (χ2n) is 6.56. The maximum Gasteiger partial charge on any atom is 0.151 e. The van der Waals surface area contributed by atoms with Crippen molar-refractivity contribution in [3.8, 4) is 0 Å². The molecule has 0 amide bonds. The Morgan fingerprint density at radius 1 is 1.36 bits per heavy atom. The molecule has 6 heteroatoms. The molecular weight excluding hydrogens is 318 g/mol. The highest BCUT2D eigenvalue weighted by atomic mass is 32.2. The molecule has 0 unspecified atom stereocenters. The summed E-state index contributed by atoms with van der Waals surface area (Å²) in [5.41, 5.74) is 1.34. The first-order valence-corrected chi connectivity index (χ1v) is 10.7. The largest absolute Gasteiger partial charge is 0.377 e. The van der Waals surface area contributed by atoms with E-state index >= 15 is 0 Å². The summed E-state index contributed by atoms with van der Waals surface area (Å²) in [5.74, 6) is 0.642. The molecule has 0 radical (unpaired) electrons. The fourth-order valence-electron chi connectivity index (χ4n) is 3.52. The zero-order valence-electron chi connectivity index (χ0n) is 13.4. The number of thiophene rings is 1. The van der Waals surface area contributed by atoms with Crippen molar-refractivity contribution in [3.05, 3.63) is 21.4 Å². The van der Waals surface area contributed by atoms with Crippen LogP contribution in [0.3, 0.4) is 0 Å². The van der Waals surface area contributed by atoms with Crippen LogP contribution in [0.4, 0.5) is 0 Å². The standard InChI is InChI=1S/C16H25NO3S2/c1-12-8-14(13(2)21-12)9-17(10-16-4-3-6-20-16)15-5-7-22(18,19)11-15/h8,15-16H,3-7,9-11H2,1-2H3/t15-,16+/m0/s1. The minimum Gasteiger partial charge on any atom is -0.377 e. The fourth-order valence-corrected chi connectivity index (χ4v) is 6.22. The first kappa shape index (κ1) is 16.4. The molecule has 0 bridgehead atoms. The average molecular weight is 344 g/mol. The predicted molar refractivity (Wildman–Crippen MR) is 90.2 cm³/mol. The summed E-state index contributed by atoms with van der Waals surface area (Å²) in [4.78, 5) is 5.02. The van der Waals surface area contributed by atoms with Gasteiger partial charge >= 0.3 is 0 Å². The van der Waals surface area contributed by atoms with Crippen molar-refractivity contribution in [2.24, 2.45) is 0 Å². The smallest absolute Gasteiger partial charge is 0.151 e. The molecular formula is C16H25NO3S2. The van der Waals surface area contributed by atoms with Gasteiger partial charge in [-0.05, 0) is 44.7 Å². The highest BCUT2D eigenvalue weighted by molar-refractivity contribution is 7.91. The van der Waals surface area contributed by atoms with Crippen molar-refractivity contribution >= 4 is 21.2 Å². The van der Waals surface area contributed by atoms with Crippen molar-refractivity contribution in [3.63, 3.8) is 0 Å². The molecule has 124 valence electrons. The first-order valence-electron chi connectivity index (χ1n) is 8.05. The van der Waals surface area contributed by atoms with Crippen LogP contribution < -0.4 is 0 Å². The summed E-state index contributed by atoms with van der Waals surface area (Å²) in [6.07, 6.45) is 3.25. The van der Waals surface area contributed by atoms with E-state index in [4.69, 9.17) is 4.74 Å². The Hall–Kier alpha value is -0.430. The third kappa shape index (κ3) is 3.91. The molecule has 2 fully saturated rings. The summed E-state index contributed by atoms with van der Waals surface area (Å²) in [6.45, 7) is 6.83. The maximum absolute atomic E-state index is 11.9. The van der Waals surface area contributed by atoms with Crippen molar-refractivity contribution in [2.75, 3.05) is 24.7 Å². The van der Waals surface area contributed by atoms with Crippen molar-refractivity contribution in [1.29, 1.82) is 0 Å². The van der Waals surface area contributed by atoms with Crippen molar-refractivity contribution < 1.29 is 13.2 Å². The number of hydrogen-bond acceptors (Lipinski definition) is 5. The van der Waals surface area contributed by atoms with Crippen LogP contribution in [0.5, 0.6) is 0 Å². The van der Waals surface area contributed by atoms with E-state index in [1.807, 2.05) is 11.3 Å². The minimum atomic E-state index is -2.85.